The van der Waals surface area contributed by atoms with E-state index in [0.29, 0.717) is 11.5 Å². The highest BCUT2D eigenvalue weighted by molar-refractivity contribution is 8.00. The predicted octanol–water partition coefficient (Wildman–Crippen LogP) is 4.15. The zero-order chi connectivity index (χ0) is 17.6. The standard InChI is InChI=1S/C18H13F2N3OS/c19-13-6-7-16(15(20)8-13)25-11-17(24)23-14-9-21-18(22-10-14)12-4-2-1-3-5-12/h1-10H,11H2,(H,23,24). The number of halogens is 2. The molecule has 0 saturated heterocycles. The van der Waals surface area contributed by atoms with E-state index in [9.17, 15) is 13.6 Å². The van der Waals surface area contributed by atoms with Crippen molar-refractivity contribution in [2.75, 3.05) is 11.1 Å². The van der Waals surface area contributed by atoms with Crippen molar-refractivity contribution in [1.82, 2.24) is 9.97 Å². The van der Waals surface area contributed by atoms with Gasteiger partial charge in [-0.05, 0) is 12.1 Å². The Morgan fingerprint density at radius 1 is 1.04 bits per heavy atom. The Labute approximate surface area is 147 Å². The van der Waals surface area contributed by atoms with E-state index in [4.69, 9.17) is 0 Å². The third kappa shape index (κ3) is 4.60. The van der Waals surface area contributed by atoms with Gasteiger partial charge in [0.05, 0.1) is 23.8 Å². The van der Waals surface area contributed by atoms with Crippen molar-refractivity contribution in [3.05, 3.63) is 72.6 Å². The Balaban J connectivity index is 1.57. The first-order valence-corrected chi connectivity index (χ1v) is 8.35. The molecule has 0 bridgehead atoms. The summed E-state index contributed by atoms with van der Waals surface area (Å²) in [6.07, 6.45) is 3.02. The quantitative estimate of drug-likeness (QED) is 0.697. The fourth-order valence-corrected chi connectivity index (χ4v) is 2.78. The highest BCUT2D eigenvalue weighted by atomic mass is 32.2. The Hall–Kier alpha value is -2.80. The van der Waals surface area contributed by atoms with Gasteiger partial charge < -0.3 is 5.32 Å². The van der Waals surface area contributed by atoms with Crippen molar-refractivity contribution < 1.29 is 13.6 Å². The molecule has 126 valence electrons. The van der Waals surface area contributed by atoms with Crippen LogP contribution < -0.4 is 5.32 Å². The maximum absolute atomic E-state index is 13.5. The first-order chi connectivity index (χ1) is 12.1. The van der Waals surface area contributed by atoms with Gasteiger partial charge in [-0.1, -0.05) is 30.3 Å². The van der Waals surface area contributed by atoms with Gasteiger partial charge in [0.25, 0.3) is 0 Å². The third-order valence-electron chi connectivity index (χ3n) is 3.22. The number of thioether (sulfide) groups is 1. The van der Waals surface area contributed by atoms with Crippen LogP contribution in [0.1, 0.15) is 0 Å². The third-order valence-corrected chi connectivity index (χ3v) is 4.27. The van der Waals surface area contributed by atoms with Crippen LogP contribution in [0.5, 0.6) is 0 Å². The summed E-state index contributed by atoms with van der Waals surface area (Å²) in [4.78, 5) is 20.6. The number of anilines is 1. The molecule has 0 unspecified atom stereocenters. The molecule has 0 atom stereocenters. The van der Waals surface area contributed by atoms with Crippen molar-refractivity contribution in [3.8, 4) is 11.4 Å². The molecule has 2 aromatic carbocycles. The minimum absolute atomic E-state index is 0.0109. The normalized spacial score (nSPS) is 10.5. The summed E-state index contributed by atoms with van der Waals surface area (Å²) in [5.41, 5.74) is 1.33. The van der Waals surface area contributed by atoms with Crippen LogP contribution in [0.4, 0.5) is 14.5 Å². The number of carbonyl (C=O) groups is 1. The minimum atomic E-state index is -0.687. The Morgan fingerprint density at radius 2 is 1.76 bits per heavy atom. The van der Waals surface area contributed by atoms with E-state index in [1.165, 1.54) is 18.5 Å². The molecule has 25 heavy (non-hydrogen) atoms. The van der Waals surface area contributed by atoms with Crippen LogP contribution in [0, 0.1) is 11.6 Å². The summed E-state index contributed by atoms with van der Waals surface area (Å²) >= 11 is 0.989. The molecule has 7 heteroatoms. The van der Waals surface area contributed by atoms with E-state index in [2.05, 4.69) is 15.3 Å². The molecule has 1 aromatic heterocycles. The van der Waals surface area contributed by atoms with Gasteiger partial charge in [0.15, 0.2) is 5.82 Å². The number of rotatable bonds is 5. The van der Waals surface area contributed by atoms with Crippen LogP contribution in [-0.2, 0) is 4.79 Å². The van der Waals surface area contributed by atoms with Crippen LogP contribution >= 0.6 is 11.8 Å². The smallest absolute Gasteiger partial charge is 0.234 e. The molecule has 3 aromatic rings. The molecule has 3 rings (SSSR count). The number of benzene rings is 2. The average molecular weight is 357 g/mol. The molecule has 1 amide bonds. The summed E-state index contributed by atoms with van der Waals surface area (Å²) in [7, 11) is 0. The van der Waals surface area contributed by atoms with Crippen molar-refractivity contribution >= 4 is 23.4 Å². The molecule has 0 aliphatic carbocycles. The monoisotopic (exact) mass is 357 g/mol. The van der Waals surface area contributed by atoms with Crippen molar-refractivity contribution in [1.29, 1.82) is 0 Å². The zero-order valence-corrected chi connectivity index (χ0v) is 13.8. The summed E-state index contributed by atoms with van der Waals surface area (Å²) in [5, 5.41) is 2.64. The summed E-state index contributed by atoms with van der Waals surface area (Å²) in [6.45, 7) is 0. The fraction of sp³-hybridized carbons (Fsp3) is 0.0556. The topological polar surface area (TPSA) is 54.9 Å². The van der Waals surface area contributed by atoms with Gasteiger partial charge in [-0.2, -0.15) is 0 Å². The van der Waals surface area contributed by atoms with Crippen molar-refractivity contribution in [2.45, 2.75) is 4.90 Å². The summed E-state index contributed by atoms with van der Waals surface area (Å²) < 4.78 is 26.4. The van der Waals surface area contributed by atoms with Gasteiger partial charge >= 0.3 is 0 Å². The van der Waals surface area contributed by atoms with E-state index < -0.39 is 11.6 Å². The van der Waals surface area contributed by atoms with Gasteiger partial charge in [-0.15, -0.1) is 11.8 Å². The lowest BCUT2D eigenvalue weighted by atomic mass is 10.2. The maximum Gasteiger partial charge on any atom is 0.234 e. The molecule has 0 aliphatic rings. The Bertz CT molecular complexity index is 873. The Kier molecular flexibility index (Phi) is 5.35. The average Bonchev–Trinajstić information content (AvgIpc) is 2.62. The van der Waals surface area contributed by atoms with E-state index in [1.807, 2.05) is 30.3 Å². The lowest BCUT2D eigenvalue weighted by molar-refractivity contribution is -0.113. The van der Waals surface area contributed by atoms with E-state index in [-0.39, 0.29) is 16.6 Å². The second kappa shape index (κ2) is 7.85. The van der Waals surface area contributed by atoms with Gasteiger partial charge in [-0.3, -0.25) is 4.79 Å². The van der Waals surface area contributed by atoms with Crippen molar-refractivity contribution in [3.63, 3.8) is 0 Å². The summed E-state index contributed by atoms with van der Waals surface area (Å²) in [5.74, 6) is -1.12. The SMILES string of the molecule is O=C(CSc1ccc(F)cc1F)Nc1cnc(-c2ccccc2)nc1. The lowest BCUT2D eigenvalue weighted by Gasteiger charge is -2.06. The Morgan fingerprint density at radius 3 is 2.44 bits per heavy atom. The first-order valence-electron chi connectivity index (χ1n) is 7.37. The number of nitrogens with one attached hydrogen (secondary N) is 1. The maximum atomic E-state index is 13.5. The van der Waals surface area contributed by atoms with E-state index >= 15 is 0 Å². The van der Waals surface area contributed by atoms with E-state index in [1.54, 1.807) is 0 Å². The number of nitrogens with zero attached hydrogens (tertiary/aromatic N) is 2. The number of amides is 1. The van der Waals surface area contributed by atoms with Gasteiger partial charge in [0, 0.05) is 16.5 Å². The summed E-state index contributed by atoms with van der Waals surface area (Å²) in [6, 6.07) is 12.7. The van der Waals surface area contributed by atoms with E-state index in [0.717, 1.165) is 29.5 Å². The van der Waals surface area contributed by atoms with Crippen LogP contribution in [0.2, 0.25) is 0 Å². The van der Waals surface area contributed by atoms with Gasteiger partial charge in [0.1, 0.15) is 11.6 Å². The van der Waals surface area contributed by atoms with Crippen LogP contribution in [-0.4, -0.2) is 21.6 Å². The number of hydrogen-bond donors (Lipinski definition) is 1. The molecule has 0 fully saturated rings. The predicted molar refractivity (Wildman–Crippen MR) is 93.2 cm³/mol. The molecule has 0 saturated carbocycles. The molecular weight excluding hydrogens is 344 g/mol. The highest BCUT2D eigenvalue weighted by Gasteiger charge is 2.09. The van der Waals surface area contributed by atoms with Gasteiger partial charge in [-0.25, -0.2) is 18.7 Å². The zero-order valence-electron chi connectivity index (χ0n) is 12.9. The molecule has 0 aliphatic heterocycles. The number of carbonyl (C=O) groups excluding carboxylic acids is 1. The molecule has 1 heterocycles. The second-order valence-electron chi connectivity index (χ2n) is 5.07. The first kappa shape index (κ1) is 17.0. The number of hydrogen-bond acceptors (Lipinski definition) is 4. The molecular formula is C18H13F2N3OS. The molecule has 4 nitrogen and oxygen atoms in total. The molecule has 0 spiro atoms. The van der Waals surface area contributed by atoms with Gasteiger partial charge in [0.2, 0.25) is 5.91 Å². The van der Waals surface area contributed by atoms with Crippen LogP contribution in [0.25, 0.3) is 11.4 Å². The van der Waals surface area contributed by atoms with Crippen LogP contribution in [0.15, 0.2) is 65.8 Å². The number of aromatic nitrogens is 2. The lowest BCUT2D eigenvalue weighted by Crippen LogP contribution is -2.14. The fourth-order valence-electron chi connectivity index (χ4n) is 2.06. The minimum Gasteiger partial charge on any atom is -0.323 e. The van der Waals surface area contributed by atoms with Crippen molar-refractivity contribution in [2.24, 2.45) is 0 Å². The second-order valence-corrected chi connectivity index (χ2v) is 6.09. The highest BCUT2D eigenvalue weighted by Crippen LogP contribution is 2.22. The molecule has 0 radical (unpaired) electrons. The molecule has 1 N–H and O–H groups in total. The van der Waals surface area contributed by atoms with Crippen LogP contribution in [0.3, 0.4) is 0 Å². The largest absolute Gasteiger partial charge is 0.323 e.